The van der Waals surface area contributed by atoms with Gasteiger partial charge in [0.05, 0.1) is 23.9 Å². The van der Waals surface area contributed by atoms with Gasteiger partial charge in [-0.25, -0.2) is 33.5 Å². The molecule has 8 rings (SSSR count). The fourth-order valence-electron chi connectivity index (χ4n) is 7.55. The first-order valence-corrected chi connectivity index (χ1v) is 17.1. The van der Waals surface area contributed by atoms with Crippen molar-refractivity contribution in [3.8, 4) is 22.5 Å². The van der Waals surface area contributed by atoms with E-state index in [1.54, 1.807) is 46.2 Å². The monoisotopic (exact) mass is 708 g/mol. The predicted octanol–water partition coefficient (Wildman–Crippen LogP) is 9.00. The molecule has 13 heteroatoms. The maximum atomic E-state index is 15.0. The molecule has 2 saturated heterocycles. The molecular weight excluding hydrogens is 676 g/mol. The molecule has 2 unspecified atom stereocenters. The zero-order valence-corrected chi connectivity index (χ0v) is 27.7. The van der Waals surface area contributed by atoms with Crippen molar-refractivity contribution in [2.24, 2.45) is 0 Å². The van der Waals surface area contributed by atoms with Crippen LogP contribution in [-0.2, 0) is 0 Å². The van der Waals surface area contributed by atoms with Gasteiger partial charge in [0.25, 0.3) is 0 Å². The Kier molecular flexibility index (Phi) is 9.00. The average molecular weight is 709 g/mol. The molecule has 2 fully saturated rings. The van der Waals surface area contributed by atoms with E-state index >= 15 is 4.79 Å². The van der Waals surface area contributed by atoms with E-state index in [0.717, 1.165) is 0 Å². The lowest BCUT2D eigenvalue weighted by Crippen LogP contribution is -2.52. The number of carbonyl (C=O) groups excluding carboxylic acids is 1. The van der Waals surface area contributed by atoms with Crippen LogP contribution >= 0.6 is 0 Å². The molecule has 6 heterocycles. The highest BCUT2D eigenvalue weighted by molar-refractivity contribution is 5.76. The van der Waals surface area contributed by atoms with E-state index in [1.165, 1.54) is 61.3 Å². The van der Waals surface area contributed by atoms with Gasteiger partial charge < -0.3 is 18.6 Å². The molecule has 0 radical (unpaired) electrons. The molecule has 0 saturated carbocycles. The standard InChI is InChI=1S/C39H32F4N6O3/c40-27-9-5-23(6-10-27)31-21-51-37(46-31)29-3-1-17-48(35(29)25-13-15-44-33(42)19-25)39(50)49-18-2-4-30(36(49)26-14-16-45-34(43)20-26)38-47-32(22-52-38)24-7-11-28(41)12-8-24/h5-16,19-22,29-30,35-36H,1-4,17-18H2/t29?,30?,35-,36-/m1/s1. The first-order chi connectivity index (χ1) is 25.3. The van der Waals surface area contributed by atoms with Crippen molar-refractivity contribution in [3.63, 3.8) is 0 Å². The molecule has 0 bridgehead atoms. The maximum Gasteiger partial charge on any atom is 0.321 e. The first kappa shape index (κ1) is 33.3. The van der Waals surface area contributed by atoms with Crippen LogP contribution in [0.4, 0.5) is 22.4 Å². The number of halogens is 4. The maximum absolute atomic E-state index is 15.0. The molecule has 264 valence electrons. The van der Waals surface area contributed by atoms with E-state index in [2.05, 4.69) is 9.97 Å². The summed E-state index contributed by atoms with van der Waals surface area (Å²) in [5.74, 6) is -2.36. The largest absolute Gasteiger partial charge is 0.448 e. The van der Waals surface area contributed by atoms with E-state index in [0.29, 0.717) is 84.2 Å². The number of oxazole rings is 2. The minimum Gasteiger partial charge on any atom is -0.448 e. The van der Waals surface area contributed by atoms with Gasteiger partial charge in [0.1, 0.15) is 35.5 Å². The Balaban J connectivity index is 1.17. The number of hydrogen-bond donors (Lipinski definition) is 0. The molecule has 0 aliphatic carbocycles. The number of likely N-dealkylation sites (tertiary alicyclic amines) is 2. The highest BCUT2D eigenvalue weighted by atomic mass is 19.1. The zero-order valence-electron chi connectivity index (χ0n) is 27.7. The van der Waals surface area contributed by atoms with Gasteiger partial charge in [-0.15, -0.1) is 0 Å². The average Bonchev–Trinajstić information content (AvgIpc) is 3.86. The Morgan fingerprint density at radius 3 is 1.44 bits per heavy atom. The zero-order chi connectivity index (χ0) is 35.8. The summed E-state index contributed by atoms with van der Waals surface area (Å²) in [5, 5.41) is 0. The molecule has 6 aromatic rings. The molecule has 2 aliphatic heterocycles. The summed E-state index contributed by atoms with van der Waals surface area (Å²) in [4.78, 5) is 35.4. The van der Waals surface area contributed by atoms with E-state index < -0.39 is 35.8 Å². The quantitative estimate of drug-likeness (QED) is 0.126. The second-order valence-electron chi connectivity index (χ2n) is 13.0. The highest BCUT2D eigenvalue weighted by Crippen LogP contribution is 2.47. The van der Waals surface area contributed by atoms with Crippen LogP contribution in [0.5, 0.6) is 0 Å². The third-order valence-electron chi connectivity index (χ3n) is 9.90. The number of aromatic nitrogens is 4. The minimum atomic E-state index is -0.697. The fourth-order valence-corrected chi connectivity index (χ4v) is 7.55. The van der Waals surface area contributed by atoms with Crippen molar-refractivity contribution >= 4 is 6.03 Å². The molecule has 4 atom stereocenters. The van der Waals surface area contributed by atoms with Gasteiger partial charge in [-0.2, -0.15) is 8.78 Å². The number of pyridine rings is 2. The molecule has 52 heavy (non-hydrogen) atoms. The third kappa shape index (κ3) is 6.54. The molecule has 2 aromatic carbocycles. The van der Waals surface area contributed by atoms with Gasteiger partial charge in [0.2, 0.25) is 11.9 Å². The highest BCUT2D eigenvalue weighted by Gasteiger charge is 2.45. The van der Waals surface area contributed by atoms with Crippen LogP contribution in [0.1, 0.15) is 72.5 Å². The minimum absolute atomic E-state index is 0.338. The Hall–Kier alpha value is -5.85. The number of urea groups is 1. The second kappa shape index (κ2) is 14.0. The molecule has 0 spiro atoms. The molecule has 0 N–H and O–H groups in total. The Morgan fingerprint density at radius 1 is 0.615 bits per heavy atom. The lowest BCUT2D eigenvalue weighted by Gasteiger charge is -2.47. The van der Waals surface area contributed by atoms with Crippen molar-refractivity contribution in [2.75, 3.05) is 13.1 Å². The van der Waals surface area contributed by atoms with Crippen LogP contribution in [-0.4, -0.2) is 48.9 Å². The van der Waals surface area contributed by atoms with Crippen LogP contribution in [0.2, 0.25) is 0 Å². The summed E-state index contributed by atoms with van der Waals surface area (Å²) in [6.07, 6.45) is 8.08. The van der Waals surface area contributed by atoms with Gasteiger partial charge in [0, 0.05) is 36.6 Å². The smallest absolute Gasteiger partial charge is 0.321 e. The topological polar surface area (TPSA) is 101 Å². The van der Waals surface area contributed by atoms with Gasteiger partial charge in [0.15, 0.2) is 11.8 Å². The molecule has 2 aliphatic rings. The van der Waals surface area contributed by atoms with E-state index in [4.69, 9.17) is 18.8 Å². The van der Waals surface area contributed by atoms with Gasteiger partial charge in [-0.3, -0.25) is 0 Å². The lowest BCUT2D eigenvalue weighted by molar-refractivity contribution is 0.0663. The Morgan fingerprint density at radius 2 is 1.04 bits per heavy atom. The van der Waals surface area contributed by atoms with Gasteiger partial charge in [-0.1, -0.05) is 0 Å². The van der Waals surface area contributed by atoms with Crippen molar-refractivity contribution in [3.05, 3.63) is 144 Å². The normalized spacial score (nSPS) is 20.6. The number of rotatable bonds is 6. The van der Waals surface area contributed by atoms with Crippen molar-refractivity contribution in [2.45, 2.75) is 49.6 Å². The first-order valence-electron chi connectivity index (χ1n) is 17.1. The van der Waals surface area contributed by atoms with E-state index in [1.807, 2.05) is 0 Å². The Labute approximate surface area is 296 Å². The van der Waals surface area contributed by atoms with Gasteiger partial charge in [-0.05, 0) is 110 Å². The van der Waals surface area contributed by atoms with Crippen molar-refractivity contribution in [1.29, 1.82) is 0 Å². The lowest BCUT2D eigenvalue weighted by atomic mass is 9.83. The third-order valence-corrected chi connectivity index (χ3v) is 9.90. The summed E-state index contributed by atoms with van der Waals surface area (Å²) in [6, 6.07) is 16.0. The molecule has 2 amide bonds. The Bertz CT molecular complexity index is 2040. The summed E-state index contributed by atoms with van der Waals surface area (Å²) in [6.45, 7) is 0.698. The molecule has 4 aromatic heterocycles. The van der Waals surface area contributed by atoms with Crippen LogP contribution in [0, 0.1) is 23.5 Å². The summed E-state index contributed by atoms with van der Waals surface area (Å²) in [5.41, 5.74) is 3.36. The van der Waals surface area contributed by atoms with Crippen molar-refractivity contribution in [1.82, 2.24) is 29.7 Å². The molecule has 9 nitrogen and oxygen atoms in total. The number of hydrogen-bond acceptors (Lipinski definition) is 7. The number of nitrogens with zero attached hydrogens (tertiary/aromatic N) is 6. The van der Waals surface area contributed by atoms with Crippen LogP contribution in [0.3, 0.4) is 0 Å². The van der Waals surface area contributed by atoms with Crippen LogP contribution in [0.15, 0.2) is 107 Å². The van der Waals surface area contributed by atoms with E-state index in [9.17, 15) is 17.6 Å². The van der Waals surface area contributed by atoms with Crippen LogP contribution < -0.4 is 0 Å². The van der Waals surface area contributed by atoms with Crippen LogP contribution in [0.25, 0.3) is 22.5 Å². The summed E-state index contributed by atoms with van der Waals surface area (Å²) >= 11 is 0. The second-order valence-corrected chi connectivity index (χ2v) is 13.0. The number of amides is 2. The fraction of sp³-hybridized carbons (Fsp3) is 0.256. The SMILES string of the molecule is O=C(N1CCCC(c2nc(-c3ccc(F)cc3)co2)[C@H]1c1ccnc(F)c1)N1CCCC(c2nc(-c3ccc(F)cc3)co2)[C@H]1c1ccnc(F)c1. The number of benzene rings is 2. The number of piperidine rings is 2. The summed E-state index contributed by atoms with van der Waals surface area (Å²) in [7, 11) is 0. The predicted molar refractivity (Wildman–Crippen MR) is 180 cm³/mol. The van der Waals surface area contributed by atoms with E-state index in [-0.39, 0.29) is 17.7 Å². The molecular formula is C39H32F4N6O3. The summed E-state index contributed by atoms with van der Waals surface area (Å²) < 4.78 is 68.8. The van der Waals surface area contributed by atoms with Gasteiger partial charge >= 0.3 is 6.03 Å². The van der Waals surface area contributed by atoms with Crippen molar-refractivity contribution < 1.29 is 31.2 Å². The number of carbonyl (C=O) groups is 1.